The quantitative estimate of drug-likeness (QED) is 0.843. The van der Waals surface area contributed by atoms with Gasteiger partial charge in [-0.2, -0.15) is 4.98 Å². The number of fused-ring (bicyclic) bond motifs is 1. The van der Waals surface area contributed by atoms with Gasteiger partial charge in [-0.25, -0.2) is 13.8 Å². The molecule has 0 bridgehead atoms. The lowest BCUT2D eigenvalue weighted by Crippen LogP contribution is -2.43. The van der Waals surface area contributed by atoms with E-state index in [4.69, 9.17) is 16.0 Å². The van der Waals surface area contributed by atoms with Crippen LogP contribution in [0.4, 0.5) is 14.6 Å². The van der Waals surface area contributed by atoms with E-state index in [2.05, 4.69) is 20.2 Å². The predicted octanol–water partition coefficient (Wildman–Crippen LogP) is 3.34. The smallest absolute Gasteiger partial charge is 0.250 e. The molecule has 0 spiro atoms. The molecule has 1 fully saturated rings. The minimum atomic E-state index is -2.31. The van der Waals surface area contributed by atoms with E-state index in [1.54, 1.807) is 12.3 Å². The first-order chi connectivity index (χ1) is 11.0. The van der Waals surface area contributed by atoms with Gasteiger partial charge in [-0.05, 0) is 37.3 Å². The van der Waals surface area contributed by atoms with Crippen LogP contribution in [-0.4, -0.2) is 42.1 Å². The normalized spacial score (nSPS) is 18.0. The van der Waals surface area contributed by atoms with Gasteiger partial charge >= 0.3 is 0 Å². The lowest BCUT2D eigenvalue weighted by atomic mass is 9.90. The largest absolute Gasteiger partial charge is 0.459 e. The molecule has 5 nitrogen and oxygen atoms in total. The summed E-state index contributed by atoms with van der Waals surface area (Å²) in [5.74, 6) is 1.08. The zero-order valence-corrected chi connectivity index (χ0v) is 13.6. The molecule has 0 amide bonds. The summed E-state index contributed by atoms with van der Waals surface area (Å²) in [7, 11) is 0. The summed E-state index contributed by atoms with van der Waals surface area (Å²) in [6.45, 7) is 3.29. The number of furan rings is 1. The Morgan fingerprint density at radius 1 is 1.39 bits per heavy atom. The van der Waals surface area contributed by atoms with Crippen LogP contribution in [0.2, 0.25) is 5.28 Å². The molecule has 0 aliphatic carbocycles. The van der Waals surface area contributed by atoms with Gasteiger partial charge in [-0.3, -0.25) is 0 Å². The predicted molar refractivity (Wildman–Crippen MR) is 85.2 cm³/mol. The summed E-state index contributed by atoms with van der Waals surface area (Å²) < 4.78 is 30.1. The Balaban J connectivity index is 1.65. The van der Waals surface area contributed by atoms with Crippen LogP contribution < -0.4 is 10.2 Å². The van der Waals surface area contributed by atoms with Gasteiger partial charge in [0, 0.05) is 25.2 Å². The zero-order chi connectivity index (χ0) is 16.4. The summed E-state index contributed by atoms with van der Waals surface area (Å²) in [6.07, 6.45) is 1.07. The van der Waals surface area contributed by atoms with Gasteiger partial charge in [-0.15, -0.1) is 0 Å². The van der Waals surface area contributed by atoms with Crippen molar-refractivity contribution in [3.63, 3.8) is 0 Å². The Bertz CT molecular complexity index is 658. The molecule has 1 aliphatic rings. The highest BCUT2D eigenvalue weighted by Crippen LogP contribution is 2.30. The van der Waals surface area contributed by atoms with Gasteiger partial charge in [0.15, 0.2) is 11.4 Å². The number of nitrogens with one attached hydrogen (secondary N) is 1. The fraction of sp³-hybridized carbons (Fsp3) is 0.600. The molecule has 3 rings (SSSR count). The van der Waals surface area contributed by atoms with E-state index in [-0.39, 0.29) is 17.9 Å². The third-order valence-electron chi connectivity index (χ3n) is 4.40. The highest BCUT2D eigenvalue weighted by Gasteiger charge is 2.26. The van der Waals surface area contributed by atoms with E-state index < -0.39 is 6.43 Å². The number of nitrogens with zero attached hydrogens (tertiary/aromatic N) is 3. The number of alkyl halides is 2. The van der Waals surface area contributed by atoms with Crippen molar-refractivity contribution in [3.8, 4) is 0 Å². The SMILES string of the molecule is CC(NCC(F)F)C1CCN(c2nc(Cl)nc3ccoc23)CC1. The van der Waals surface area contributed by atoms with Gasteiger partial charge in [0.05, 0.1) is 12.8 Å². The van der Waals surface area contributed by atoms with Crippen LogP contribution in [-0.2, 0) is 0 Å². The summed E-state index contributed by atoms with van der Waals surface area (Å²) in [6, 6.07) is 1.83. The van der Waals surface area contributed by atoms with E-state index in [1.165, 1.54) is 0 Å². The van der Waals surface area contributed by atoms with Crippen LogP contribution in [0, 0.1) is 5.92 Å². The number of hydrogen-bond donors (Lipinski definition) is 1. The van der Waals surface area contributed by atoms with Crippen molar-refractivity contribution in [1.82, 2.24) is 15.3 Å². The molecule has 126 valence electrons. The Kier molecular flexibility index (Phi) is 4.96. The van der Waals surface area contributed by atoms with Crippen molar-refractivity contribution >= 4 is 28.5 Å². The Labute approximate surface area is 138 Å². The number of rotatable bonds is 5. The summed E-state index contributed by atoms with van der Waals surface area (Å²) in [5.41, 5.74) is 1.32. The number of hydrogen-bond acceptors (Lipinski definition) is 5. The lowest BCUT2D eigenvalue weighted by molar-refractivity contribution is 0.135. The first-order valence-corrected chi connectivity index (χ1v) is 8.09. The Morgan fingerprint density at radius 2 is 2.13 bits per heavy atom. The Hall–Kier alpha value is -1.47. The highest BCUT2D eigenvalue weighted by atomic mass is 35.5. The minimum Gasteiger partial charge on any atom is -0.459 e. The van der Waals surface area contributed by atoms with Crippen molar-refractivity contribution in [2.75, 3.05) is 24.5 Å². The van der Waals surface area contributed by atoms with Crippen molar-refractivity contribution in [3.05, 3.63) is 17.6 Å². The molecule has 2 aromatic rings. The summed E-state index contributed by atoms with van der Waals surface area (Å²) >= 11 is 5.98. The molecule has 1 aliphatic heterocycles. The maximum absolute atomic E-state index is 12.3. The molecule has 23 heavy (non-hydrogen) atoms. The highest BCUT2D eigenvalue weighted by molar-refractivity contribution is 6.28. The van der Waals surface area contributed by atoms with E-state index in [9.17, 15) is 8.78 Å². The van der Waals surface area contributed by atoms with Crippen LogP contribution >= 0.6 is 11.6 Å². The zero-order valence-electron chi connectivity index (χ0n) is 12.8. The van der Waals surface area contributed by atoms with Crippen LogP contribution in [0.5, 0.6) is 0 Å². The van der Waals surface area contributed by atoms with Crippen LogP contribution in [0.15, 0.2) is 16.7 Å². The number of anilines is 1. The minimum absolute atomic E-state index is 0.0729. The van der Waals surface area contributed by atoms with Crippen LogP contribution in [0.25, 0.3) is 11.1 Å². The molecule has 1 atom stereocenters. The molecule has 1 saturated heterocycles. The maximum atomic E-state index is 12.3. The van der Waals surface area contributed by atoms with Crippen LogP contribution in [0.1, 0.15) is 19.8 Å². The van der Waals surface area contributed by atoms with Gasteiger partial charge in [0.1, 0.15) is 5.52 Å². The van der Waals surface area contributed by atoms with E-state index in [1.807, 2.05) is 6.92 Å². The van der Waals surface area contributed by atoms with Crippen LogP contribution in [0.3, 0.4) is 0 Å². The van der Waals surface area contributed by atoms with E-state index >= 15 is 0 Å². The Morgan fingerprint density at radius 3 is 2.83 bits per heavy atom. The summed E-state index contributed by atoms with van der Waals surface area (Å²) in [5, 5.41) is 3.10. The second kappa shape index (κ2) is 6.97. The number of halogens is 3. The average Bonchev–Trinajstić information content (AvgIpc) is 3.00. The fourth-order valence-electron chi connectivity index (χ4n) is 3.09. The fourth-order valence-corrected chi connectivity index (χ4v) is 3.26. The number of piperidine rings is 1. The molecule has 1 N–H and O–H groups in total. The van der Waals surface area contributed by atoms with E-state index in [0.717, 1.165) is 25.9 Å². The lowest BCUT2D eigenvalue weighted by Gasteiger charge is -2.35. The molecular weight excluding hydrogens is 326 g/mol. The third-order valence-corrected chi connectivity index (χ3v) is 4.57. The second-order valence-corrected chi connectivity index (χ2v) is 6.20. The van der Waals surface area contributed by atoms with Crippen molar-refractivity contribution < 1.29 is 13.2 Å². The topological polar surface area (TPSA) is 54.2 Å². The molecule has 0 aromatic carbocycles. The van der Waals surface area contributed by atoms with Crippen molar-refractivity contribution in [2.45, 2.75) is 32.2 Å². The average molecular weight is 345 g/mol. The molecule has 8 heteroatoms. The number of aromatic nitrogens is 2. The standard InChI is InChI=1S/C15H19ClF2N4O/c1-9(19-8-12(17)18)10-2-5-22(6-3-10)14-13-11(4-7-23-13)20-15(16)21-14/h4,7,9-10,12,19H,2-3,5-6,8H2,1H3. The van der Waals surface area contributed by atoms with Gasteiger partial charge < -0.3 is 14.6 Å². The molecule has 1 unspecified atom stereocenters. The monoisotopic (exact) mass is 344 g/mol. The maximum Gasteiger partial charge on any atom is 0.250 e. The molecule has 0 saturated carbocycles. The molecule has 2 aromatic heterocycles. The van der Waals surface area contributed by atoms with Gasteiger partial charge in [0.25, 0.3) is 6.43 Å². The molecule has 0 radical (unpaired) electrons. The van der Waals surface area contributed by atoms with E-state index in [0.29, 0.717) is 22.8 Å². The van der Waals surface area contributed by atoms with Gasteiger partial charge in [-0.1, -0.05) is 0 Å². The first kappa shape index (κ1) is 16.4. The molecular formula is C15H19ClF2N4O. The second-order valence-electron chi connectivity index (χ2n) is 5.86. The van der Waals surface area contributed by atoms with Crippen molar-refractivity contribution in [2.24, 2.45) is 5.92 Å². The third kappa shape index (κ3) is 3.72. The summed E-state index contributed by atoms with van der Waals surface area (Å²) in [4.78, 5) is 10.5. The van der Waals surface area contributed by atoms with Crippen molar-refractivity contribution in [1.29, 1.82) is 0 Å². The van der Waals surface area contributed by atoms with Gasteiger partial charge in [0.2, 0.25) is 5.28 Å². The molecule has 3 heterocycles. The first-order valence-electron chi connectivity index (χ1n) is 7.72.